The van der Waals surface area contributed by atoms with Crippen LogP contribution in [0.2, 0.25) is 0 Å². The number of phosphoric ester groups is 2. The predicted molar refractivity (Wildman–Crippen MR) is 72.8 cm³/mol. The van der Waals surface area contributed by atoms with Crippen molar-refractivity contribution in [2.75, 3.05) is 6.61 Å². The highest BCUT2D eigenvalue weighted by Gasteiger charge is 2.25. The minimum absolute atomic E-state index is 0.0222. The molecule has 2 unspecified atom stereocenters. The molecule has 0 rings (SSSR count). The van der Waals surface area contributed by atoms with Crippen LogP contribution in [0.15, 0.2) is 0 Å². The lowest BCUT2D eigenvalue weighted by atomic mass is 9.97. The molecule has 0 amide bonds. The minimum Gasteiger partial charge on any atom is -0.303 e. The summed E-state index contributed by atoms with van der Waals surface area (Å²) in [6.07, 6.45) is 2.44. The van der Waals surface area contributed by atoms with Gasteiger partial charge in [-0.05, 0) is 18.8 Å². The molecule has 0 aromatic rings. The van der Waals surface area contributed by atoms with E-state index >= 15 is 0 Å². The molecule has 2 atom stereocenters. The third-order valence-corrected chi connectivity index (χ3v) is 4.01. The quantitative estimate of drug-likeness (QED) is 0.334. The Morgan fingerprint density at radius 1 is 1.00 bits per heavy atom. The molecule has 10 heteroatoms. The van der Waals surface area contributed by atoms with Gasteiger partial charge in [0.2, 0.25) is 0 Å². The van der Waals surface area contributed by atoms with Crippen molar-refractivity contribution < 1.29 is 37.8 Å². The van der Waals surface area contributed by atoms with Gasteiger partial charge in [-0.25, -0.2) is 9.13 Å². The Balaban J connectivity index is 3.97. The van der Waals surface area contributed by atoms with Crippen LogP contribution in [0.4, 0.5) is 0 Å². The summed E-state index contributed by atoms with van der Waals surface area (Å²) >= 11 is 0. The number of phosphoric acid groups is 2. The zero-order valence-corrected chi connectivity index (χ0v) is 13.5. The highest BCUT2D eigenvalue weighted by molar-refractivity contribution is 7.46. The molecule has 0 heterocycles. The van der Waals surface area contributed by atoms with Gasteiger partial charge in [0.1, 0.15) is 0 Å². The van der Waals surface area contributed by atoms with Crippen molar-refractivity contribution in [3.63, 3.8) is 0 Å². The van der Waals surface area contributed by atoms with E-state index in [4.69, 9.17) is 24.1 Å². The fraction of sp³-hybridized carbons (Fsp3) is 1.00. The Morgan fingerprint density at radius 3 is 2.05 bits per heavy atom. The van der Waals surface area contributed by atoms with E-state index in [1.54, 1.807) is 0 Å². The van der Waals surface area contributed by atoms with Gasteiger partial charge in [-0.3, -0.25) is 9.05 Å². The molecule has 0 bridgehead atoms. The van der Waals surface area contributed by atoms with Crippen LogP contribution in [-0.2, 0) is 18.2 Å². The average molecular weight is 334 g/mol. The van der Waals surface area contributed by atoms with Crippen molar-refractivity contribution in [1.82, 2.24) is 0 Å². The van der Waals surface area contributed by atoms with Crippen molar-refractivity contribution in [2.45, 2.75) is 52.1 Å². The van der Waals surface area contributed by atoms with E-state index in [0.717, 1.165) is 6.42 Å². The SMILES string of the molecule is CCC(C)C(CCCCCOP(=O)(O)O)OP(=O)(O)O. The van der Waals surface area contributed by atoms with Gasteiger partial charge >= 0.3 is 15.6 Å². The van der Waals surface area contributed by atoms with Crippen molar-refractivity contribution in [1.29, 1.82) is 0 Å². The Bertz CT molecular complexity index is 349. The maximum absolute atomic E-state index is 10.9. The number of hydrogen-bond acceptors (Lipinski definition) is 4. The lowest BCUT2D eigenvalue weighted by Gasteiger charge is -2.23. The normalized spacial score (nSPS) is 16.1. The fourth-order valence-electron chi connectivity index (χ4n) is 1.69. The summed E-state index contributed by atoms with van der Waals surface area (Å²) in [5, 5.41) is 0. The van der Waals surface area contributed by atoms with E-state index in [1.165, 1.54) is 0 Å². The van der Waals surface area contributed by atoms with E-state index in [2.05, 4.69) is 4.52 Å². The first kappa shape index (κ1) is 20.2. The molecule has 0 aliphatic rings. The van der Waals surface area contributed by atoms with Gasteiger partial charge in [0.05, 0.1) is 12.7 Å². The summed E-state index contributed by atoms with van der Waals surface area (Å²) in [6.45, 7) is 3.73. The molecule has 0 fully saturated rings. The van der Waals surface area contributed by atoms with Crippen LogP contribution in [0.5, 0.6) is 0 Å². The topological polar surface area (TPSA) is 134 Å². The predicted octanol–water partition coefficient (Wildman–Crippen LogP) is 2.18. The van der Waals surface area contributed by atoms with Gasteiger partial charge in [-0.2, -0.15) is 0 Å². The number of rotatable bonds is 11. The van der Waals surface area contributed by atoms with Gasteiger partial charge in [-0.15, -0.1) is 0 Å². The zero-order chi connectivity index (χ0) is 15.8. The number of hydrogen-bond donors (Lipinski definition) is 4. The van der Waals surface area contributed by atoms with Crippen LogP contribution in [-0.4, -0.2) is 32.3 Å². The first-order chi connectivity index (χ1) is 9.05. The maximum Gasteiger partial charge on any atom is 0.469 e. The molecular formula is C10H24O8P2. The maximum atomic E-state index is 10.9. The molecule has 20 heavy (non-hydrogen) atoms. The highest BCUT2D eigenvalue weighted by Crippen LogP contribution is 2.41. The standard InChI is InChI=1S/C10H24O8P2/c1-3-9(2)10(18-20(14,15)16)7-5-4-6-8-17-19(11,12)13/h9-10H,3-8H2,1-2H3,(H2,11,12,13)(H2,14,15,16). The van der Waals surface area contributed by atoms with Crippen LogP contribution in [0.3, 0.4) is 0 Å². The van der Waals surface area contributed by atoms with Crippen LogP contribution >= 0.6 is 15.6 Å². The van der Waals surface area contributed by atoms with Crippen LogP contribution < -0.4 is 0 Å². The lowest BCUT2D eigenvalue weighted by molar-refractivity contribution is 0.0832. The number of unbranched alkanes of at least 4 members (excludes halogenated alkanes) is 2. The zero-order valence-electron chi connectivity index (χ0n) is 11.7. The minimum atomic E-state index is -4.50. The first-order valence-electron chi connectivity index (χ1n) is 6.49. The second-order valence-corrected chi connectivity index (χ2v) is 7.12. The van der Waals surface area contributed by atoms with E-state index in [0.29, 0.717) is 25.7 Å². The molecule has 0 aromatic heterocycles. The second-order valence-electron chi connectivity index (χ2n) is 4.69. The van der Waals surface area contributed by atoms with Gasteiger partial charge in [-0.1, -0.05) is 33.1 Å². The van der Waals surface area contributed by atoms with Crippen molar-refractivity contribution in [3.05, 3.63) is 0 Å². The Labute approximate surface area is 119 Å². The van der Waals surface area contributed by atoms with Crippen LogP contribution in [0.25, 0.3) is 0 Å². The Morgan fingerprint density at radius 2 is 1.60 bits per heavy atom. The van der Waals surface area contributed by atoms with Crippen molar-refractivity contribution in [2.24, 2.45) is 5.92 Å². The van der Waals surface area contributed by atoms with Gasteiger partial charge < -0.3 is 19.6 Å². The van der Waals surface area contributed by atoms with Gasteiger partial charge in [0.25, 0.3) is 0 Å². The molecule has 0 saturated carbocycles. The van der Waals surface area contributed by atoms with E-state index in [9.17, 15) is 9.13 Å². The smallest absolute Gasteiger partial charge is 0.303 e. The Kier molecular flexibility index (Phi) is 9.38. The van der Waals surface area contributed by atoms with Gasteiger partial charge in [0.15, 0.2) is 0 Å². The highest BCUT2D eigenvalue weighted by atomic mass is 31.2. The molecule has 4 N–H and O–H groups in total. The molecule has 0 saturated heterocycles. The van der Waals surface area contributed by atoms with E-state index in [-0.39, 0.29) is 12.5 Å². The van der Waals surface area contributed by atoms with Crippen LogP contribution in [0, 0.1) is 5.92 Å². The lowest BCUT2D eigenvalue weighted by Crippen LogP contribution is -2.20. The molecule has 122 valence electrons. The summed E-state index contributed by atoms with van der Waals surface area (Å²) in [6, 6.07) is 0. The van der Waals surface area contributed by atoms with E-state index < -0.39 is 21.7 Å². The monoisotopic (exact) mass is 334 g/mol. The van der Waals surface area contributed by atoms with Crippen LogP contribution in [0.1, 0.15) is 46.0 Å². The fourth-order valence-corrected chi connectivity index (χ4v) is 2.72. The third-order valence-electron chi connectivity index (χ3n) is 2.94. The average Bonchev–Trinajstić information content (AvgIpc) is 2.28. The molecular weight excluding hydrogens is 310 g/mol. The summed E-state index contributed by atoms with van der Waals surface area (Å²) in [5.41, 5.74) is 0. The van der Waals surface area contributed by atoms with Crippen molar-refractivity contribution >= 4 is 15.6 Å². The van der Waals surface area contributed by atoms with Crippen molar-refractivity contribution in [3.8, 4) is 0 Å². The molecule has 0 aliphatic carbocycles. The van der Waals surface area contributed by atoms with Gasteiger partial charge in [0, 0.05) is 0 Å². The molecule has 8 nitrogen and oxygen atoms in total. The Hall–Kier alpha value is 0.220. The molecule has 0 radical (unpaired) electrons. The first-order valence-corrected chi connectivity index (χ1v) is 9.55. The summed E-state index contributed by atoms with van der Waals surface area (Å²) in [7, 11) is -8.91. The molecule has 0 spiro atoms. The second kappa shape index (κ2) is 9.28. The van der Waals surface area contributed by atoms with E-state index in [1.807, 2.05) is 13.8 Å². The summed E-state index contributed by atoms with van der Waals surface area (Å²) < 4.78 is 30.4. The molecule has 0 aromatic carbocycles. The summed E-state index contributed by atoms with van der Waals surface area (Å²) in [5.74, 6) is 0.0222. The third kappa shape index (κ3) is 12.0. The molecule has 0 aliphatic heterocycles. The largest absolute Gasteiger partial charge is 0.469 e. The summed E-state index contributed by atoms with van der Waals surface area (Å²) in [4.78, 5) is 34.6.